The van der Waals surface area contributed by atoms with Gasteiger partial charge in [-0.25, -0.2) is 9.97 Å². The van der Waals surface area contributed by atoms with Gasteiger partial charge in [0, 0.05) is 34.0 Å². The van der Waals surface area contributed by atoms with Crippen LogP contribution >= 0.6 is 0 Å². The highest BCUT2D eigenvalue weighted by atomic mass is 14.8. The standard InChI is InChI=1S/C20H14N4.C7H11N.8C2H6/c1-2-14-10-16-5-6-18(23-16)12-20-8-7-19(24-20)11-17-4-3-15(22-17)9-13(1)21-14;1-5-4-8-7(3)6(5)2;8*1-2/h1-12,21-22H;4,8H,1-3H3;8*1-2H3. The Hall–Kier alpha value is -4.12. The molecule has 5 nitrogen and oxygen atoms in total. The van der Waals surface area contributed by atoms with Gasteiger partial charge in [-0.1, -0.05) is 111 Å². The summed E-state index contributed by atoms with van der Waals surface area (Å²) in [6, 6.07) is 16.4. The Morgan fingerprint density at radius 1 is 0.396 bits per heavy atom. The number of hydrogen-bond donors (Lipinski definition) is 3. The maximum absolute atomic E-state index is 4.62. The summed E-state index contributed by atoms with van der Waals surface area (Å²) in [6.45, 7) is 38.3. The maximum Gasteiger partial charge on any atom is 0.0659 e. The number of H-pyrrole nitrogens is 3. The summed E-state index contributed by atoms with van der Waals surface area (Å²) in [5.41, 5.74) is 11.9. The zero-order valence-electron chi connectivity index (χ0n) is 34.4. The average Bonchev–Trinajstić information content (AvgIpc) is 4.03. The lowest BCUT2D eigenvalue weighted by Crippen LogP contribution is -1.77. The van der Waals surface area contributed by atoms with E-state index in [4.69, 9.17) is 0 Å². The van der Waals surface area contributed by atoms with Gasteiger partial charge in [0.2, 0.25) is 0 Å². The average molecular weight is 660 g/mol. The molecule has 0 unspecified atom stereocenters. The van der Waals surface area contributed by atoms with E-state index >= 15 is 0 Å². The second kappa shape index (κ2) is 34.2. The third-order valence-electron chi connectivity index (χ3n) is 5.70. The molecule has 0 saturated carbocycles. The van der Waals surface area contributed by atoms with E-state index in [1.165, 1.54) is 16.8 Å². The van der Waals surface area contributed by atoms with Gasteiger partial charge in [0.25, 0.3) is 0 Å². The SMILES string of the molecule is C1=Cc2cc3ccc(cc4ccc(cc5nc(cc1n2)C=C5)[nH]4)[nH]3.CC.CC.CC.CC.CC.CC.CC.CC.Cc1c[nH]c(C)c1C. The van der Waals surface area contributed by atoms with Crippen molar-refractivity contribution >= 4 is 46.4 Å². The number of nitrogens with zero attached hydrogens (tertiary/aromatic N) is 2. The van der Waals surface area contributed by atoms with Gasteiger partial charge in [-0.05, 0) is 105 Å². The monoisotopic (exact) mass is 660 g/mol. The molecule has 0 saturated heterocycles. The fraction of sp³-hybridized carbons (Fsp3) is 0.442. The van der Waals surface area contributed by atoms with Gasteiger partial charge in [0.1, 0.15) is 0 Å². The van der Waals surface area contributed by atoms with Crippen molar-refractivity contribution in [2.24, 2.45) is 0 Å². The van der Waals surface area contributed by atoms with Gasteiger partial charge in [0.05, 0.1) is 22.8 Å². The molecule has 3 N–H and O–H groups in total. The van der Waals surface area contributed by atoms with Crippen molar-refractivity contribution < 1.29 is 0 Å². The normalized spacial score (nSPS) is 8.98. The minimum atomic E-state index is 0.915. The van der Waals surface area contributed by atoms with Crippen LogP contribution in [0, 0.1) is 20.8 Å². The Balaban J connectivity index is -0.000000339. The molecule has 270 valence electrons. The van der Waals surface area contributed by atoms with Crippen LogP contribution in [-0.4, -0.2) is 24.9 Å². The van der Waals surface area contributed by atoms with Crippen LogP contribution in [0.4, 0.5) is 0 Å². The van der Waals surface area contributed by atoms with Gasteiger partial charge >= 0.3 is 0 Å². The molecule has 0 aliphatic carbocycles. The molecule has 0 spiro atoms. The number of rotatable bonds is 0. The van der Waals surface area contributed by atoms with E-state index in [0.717, 1.165) is 44.8 Å². The van der Waals surface area contributed by atoms with Crippen LogP contribution in [0.2, 0.25) is 0 Å². The highest BCUT2D eigenvalue weighted by Crippen LogP contribution is 2.17. The minimum Gasteiger partial charge on any atom is -0.365 e. The van der Waals surface area contributed by atoms with E-state index in [9.17, 15) is 0 Å². The third-order valence-corrected chi connectivity index (χ3v) is 5.70. The van der Waals surface area contributed by atoms with Crippen LogP contribution in [0.25, 0.3) is 46.4 Å². The van der Waals surface area contributed by atoms with Gasteiger partial charge in [-0.15, -0.1) is 0 Å². The Morgan fingerprint density at radius 3 is 0.938 bits per heavy atom. The predicted octanol–water partition coefficient (Wildman–Crippen LogP) is 14.8. The van der Waals surface area contributed by atoms with Crippen molar-refractivity contribution in [3.63, 3.8) is 0 Å². The summed E-state index contributed by atoms with van der Waals surface area (Å²) >= 11 is 0. The quantitative estimate of drug-likeness (QED) is 0.152. The van der Waals surface area contributed by atoms with Crippen molar-refractivity contribution in [1.29, 1.82) is 0 Å². The second-order valence-electron chi connectivity index (χ2n) is 8.13. The van der Waals surface area contributed by atoms with E-state index in [1.54, 1.807) is 0 Å². The maximum atomic E-state index is 4.62. The summed E-state index contributed by atoms with van der Waals surface area (Å²) in [4.78, 5) is 19.2. The Morgan fingerprint density at radius 2 is 0.688 bits per heavy atom. The van der Waals surface area contributed by atoms with Gasteiger partial charge in [-0.3, -0.25) is 0 Å². The predicted molar refractivity (Wildman–Crippen MR) is 225 cm³/mol. The molecular weight excluding hydrogens is 587 g/mol. The number of fused-ring (bicyclic) bond motifs is 8. The first-order valence-electron chi connectivity index (χ1n) is 18.7. The Kier molecular flexibility index (Phi) is 36.2. The highest BCUT2D eigenvalue weighted by molar-refractivity contribution is 5.77. The molecule has 4 aromatic rings. The Bertz CT molecular complexity index is 1400. The van der Waals surface area contributed by atoms with Crippen molar-refractivity contribution in [2.75, 3.05) is 0 Å². The fourth-order valence-corrected chi connectivity index (χ4v) is 3.67. The van der Waals surface area contributed by atoms with Gasteiger partial charge in [-0.2, -0.15) is 0 Å². The lowest BCUT2D eigenvalue weighted by atomic mass is 10.2. The van der Waals surface area contributed by atoms with Crippen molar-refractivity contribution in [3.8, 4) is 0 Å². The molecule has 8 bridgehead atoms. The lowest BCUT2D eigenvalue weighted by molar-refractivity contribution is 1.23. The zero-order chi connectivity index (χ0) is 38.1. The smallest absolute Gasteiger partial charge is 0.0659 e. The van der Waals surface area contributed by atoms with Gasteiger partial charge < -0.3 is 15.0 Å². The van der Waals surface area contributed by atoms with Gasteiger partial charge in [0.15, 0.2) is 0 Å². The summed E-state index contributed by atoms with van der Waals surface area (Å²) < 4.78 is 0. The van der Waals surface area contributed by atoms with E-state index in [1.807, 2.05) is 159 Å². The van der Waals surface area contributed by atoms with Crippen molar-refractivity contribution in [1.82, 2.24) is 24.9 Å². The molecule has 0 amide bonds. The molecule has 4 aromatic heterocycles. The topological polar surface area (TPSA) is 73.2 Å². The molecule has 6 rings (SSSR count). The third kappa shape index (κ3) is 18.9. The molecule has 2 aliphatic rings. The number of aryl methyl sites for hydroxylation is 2. The van der Waals surface area contributed by atoms with Crippen LogP contribution in [0.5, 0.6) is 0 Å². The molecule has 0 atom stereocenters. The van der Waals surface area contributed by atoms with Crippen LogP contribution < -0.4 is 0 Å². The lowest BCUT2D eigenvalue weighted by Gasteiger charge is -1.86. The largest absolute Gasteiger partial charge is 0.365 e. The van der Waals surface area contributed by atoms with Crippen molar-refractivity contribution in [2.45, 2.75) is 132 Å². The van der Waals surface area contributed by atoms with Crippen LogP contribution in [-0.2, 0) is 0 Å². The first-order valence-corrected chi connectivity index (χ1v) is 18.7. The molecule has 0 fully saturated rings. The molecule has 5 heteroatoms. The zero-order valence-corrected chi connectivity index (χ0v) is 34.4. The molecule has 6 heterocycles. The Labute approximate surface area is 296 Å². The molecule has 0 aromatic carbocycles. The number of aromatic amines is 3. The minimum absolute atomic E-state index is 0.915. The summed E-state index contributed by atoms with van der Waals surface area (Å²) in [7, 11) is 0. The summed E-state index contributed by atoms with van der Waals surface area (Å²) in [5, 5.41) is 0. The summed E-state index contributed by atoms with van der Waals surface area (Å²) in [5.74, 6) is 0. The fourth-order valence-electron chi connectivity index (χ4n) is 3.67. The van der Waals surface area contributed by atoms with Crippen LogP contribution in [0.1, 0.15) is 150 Å². The molecule has 2 aliphatic heterocycles. The second-order valence-corrected chi connectivity index (χ2v) is 8.13. The number of aromatic nitrogens is 5. The van der Waals surface area contributed by atoms with E-state index in [0.29, 0.717) is 0 Å². The first kappa shape index (κ1) is 50.7. The number of hydrogen-bond acceptors (Lipinski definition) is 2. The van der Waals surface area contributed by atoms with Crippen LogP contribution in [0.15, 0.2) is 54.7 Å². The highest BCUT2D eigenvalue weighted by Gasteiger charge is 2.02. The van der Waals surface area contributed by atoms with E-state index in [2.05, 4.69) is 76.0 Å². The van der Waals surface area contributed by atoms with Crippen LogP contribution in [0.3, 0.4) is 0 Å². The van der Waals surface area contributed by atoms with E-state index < -0.39 is 0 Å². The first-order chi connectivity index (χ1) is 23.5. The summed E-state index contributed by atoms with van der Waals surface area (Å²) in [6.07, 6.45) is 10.1. The molecule has 48 heavy (non-hydrogen) atoms. The van der Waals surface area contributed by atoms with Crippen molar-refractivity contribution in [3.05, 3.63) is 94.3 Å². The van der Waals surface area contributed by atoms with E-state index in [-0.39, 0.29) is 0 Å². The molecule has 0 radical (unpaired) electrons. The molecular formula is C43H73N5. The number of nitrogens with one attached hydrogen (secondary N) is 3.